The Morgan fingerprint density at radius 1 is 1.21 bits per heavy atom. The SMILES string of the molecule is CC(=O)N1CC[C@@H](N[S@@](=O)C(C)(C)C)c2cc(Cc3ccccc3)cc(Br)c21. The van der Waals surface area contributed by atoms with Crippen molar-refractivity contribution < 1.29 is 9.00 Å². The van der Waals surface area contributed by atoms with E-state index in [2.05, 4.69) is 44.9 Å². The summed E-state index contributed by atoms with van der Waals surface area (Å²) in [6.45, 7) is 8.09. The molecule has 0 aliphatic carbocycles. The number of anilines is 1. The van der Waals surface area contributed by atoms with Crippen LogP contribution in [0.5, 0.6) is 0 Å². The largest absolute Gasteiger partial charge is 0.311 e. The Hall–Kier alpha value is -1.50. The van der Waals surface area contributed by atoms with Gasteiger partial charge in [0.2, 0.25) is 5.91 Å². The lowest BCUT2D eigenvalue weighted by molar-refractivity contribution is -0.116. The highest BCUT2D eigenvalue weighted by atomic mass is 79.9. The van der Waals surface area contributed by atoms with Crippen molar-refractivity contribution in [2.45, 2.75) is 51.3 Å². The maximum Gasteiger partial charge on any atom is 0.223 e. The van der Waals surface area contributed by atoms with E-state index in [4.69, 9.17) is 0 Å². The van der Waals surface area contributed by atoms with E-state index in [1.54, 1.807) is 6.92 Å². The number of carbonyl (C=O) groups is 1. The Balaban J connectivity index is 2.01. The van der Waals surface area contributed by atoms with Gasteiger partial charge in [-0.3, -0.25) is 4.79 Å². The third-order valence-corrected chi connectivity index (χ3v) is 7.09. The van der Waals surface area contributed by atoms with Crippen LogP contribution < -0.4 is 9.62 Å². The molecule has 0 fully saturated rings. The summed E-state index contributed by atoms with van der Waals surface area (Å²) in [5, 5.41) is 0. The number of benzene rings is 2. The van der Waals surface area contributed by atoms with Crippen molar-refractivity contribution >= 4 is 38.5 Å². The van der Waals surface area contributed by atoms with Gasteiger partial charge in [-0.25, -0.2) is 8.93 Å². The molecule has 0 saturated carbocycles. The maximum atomic E-state index is 12.7. The van der Waals surface area contributed by atoms with Gasteiger partial charge in [-0.1, -0.05) is 36.4 Å². The summed E-state index contributed by atoms with van der Waals surface area (Å²) in [6.07, 6.45) is 1.54. The minimum Gasteiger partial charge on any atom is -0.311 e. The summed E-state index contributed by atoms with van der Waals surface area (Å²) in [5.41, 5.74) is 4.31. The molecule has 28 heavy (non-hydrogen) atoms. The van der Waals surface area contributed by atoms with Crippen molar-refractivity contribution in [3.05, 3.63) is 63.6 Å². The van der Waals surface area contributed by atoms with Gasteiger partial charge in [0.05, 0.1) is 21.4 Å². The third-order valence-electron chi connectivity index (χ3n) is 4.88. The van der Waals surface area contributed by atoms with Gasteiger partial charge in [0.15, 0.2) is 0 Å². The van der Waals surface area contributed by atoms with Crippen molar-refractivity contribution in [3.8, 4) is 0 Å². The minimum atomic E-state index is -1.18. The molecule has 150 valence electrons. The van der Waals surface area contributed by atoms with Gasteiger partial charge in [0.1, 0.15) is 0 Å². The van der Waals surface area contributed by atoms with E-state index < -0.39 is 11.0 Å². The highest BCUT2D eigenvalue weighted by Crippen LogP contribution is 2.41. The van der Waals surface area contributed by atoms with Crippen LogP contribution in [0.4, 0.5) is 5.69 Å². The summed E-state index contributed by atoms with van der Waals surface area (Å²) < 4.78 is 16.6. The Morgan fingerprint density at radius 2 is 1.89 bits per heavy atom. The molecule has 1 N–H and O–H groups in total. The topological polar surface area (TPSA) is 49.4 Å². The predicted molar refractivity (Wildman–Crippen MR) is 120 cm³/mol. The van der Waals surface area contributed by atoms with Crippen LogP contribution in [0.25, 0.3) is 0 Å². The summed E-state index contributed by atoms with van der Waals surface area (Å²) >= 11 is 3.69. The first-order chi connectivity index (χ1) is 13.2. The van der Waals surface area contributed by atoms with Crippen LogP contribution in [-0.4, -0.2) is 21.4 Å². The lowest BCUT2D eigenvalue weighted by Gasteiger charge is -2.36. The van der Waals surface area contributed by atoms with Gasteiger partial charge in [0.25, 0.3) is 0 Å². The van der Waals surface area contributed by atoms with E-state index >= 15 is 0 Å². The molecule has 0 saturated heterocycles. The van der Waals surface area contributed by atoms with Crippen molar-refractivity contribution in [1.82, 2.24) is 4.72 Å². The van der Waals surface area contributed by atoms with Crippen LogP contribution in [0.15, 0.2) is 46.9 Å². The third kappa shape index (κ3) is 4.73. The molecule has 0 spiro atoms. The number of halogens is 1. The van der Waals surface area contributed by atoms with E-state index in [-0.39, 0.29) is 16.7 Å². The normalized spacial score (nSPS) is 17.9. The van der Waals surface area contributed by atoms with Crippen molar-refractivity contribution in [2.75, 3.05) is 11.4 Å². The molecule has 0 radical (unpaired) electrons. The summed E-state index contributed by atoms with van der Waals surface area (Å²) in [7, 11) is -1.18. The van der Waals surface area contributed by atoms with E-state index in [1.165, 1.54) is 5.56 Å². The first-order valence-electron chi connectivity index (χ1n) is 9.49. The number of carbonyl (C=O) groups excluding carboxylic acids is 1. The highest BCUT2D eigenvalue weighted by molar-refractivity contribution is 9.10. The van der Waals surface area contributed by atoms with Crippen LogP contribution >= 0.6 is 15.9 Å². The molecule has 0 bridgehead atoms. The van der Waals surface area contributed by atoms with Crippen molar-refractivity contribution in [1.29, 1.82) is 0 Å². The Morgan fingerprint density at radius 3 is 2.50 bits per heavy atom. The minimum absolute atomic E-state index is 0.0214. The molecule has 1 aliphatic rings. The molecule has 1 aliphatic heterocycles. The van der Waals surface area contributed by atoms with Crippen LogP contribution in [-0.2, 0) is 22.2 Å². The zero-order valence-corrected chi connectivity index (χ0v) is 19.2. The molecular weight excluding hydrogens is 436 g/mol. The lowest BCUT2D eigenvalue weighted by Crippen LogP contribution is -2.42. The molecule has 2 aromatic carbocycles. The molecule has 2 aromatic rings. The first-order valence-corrected chi connectivity index (χ1v) is 11.4. The van der Waals surface area contributed by atoms with Crippen LogP contribution in [0.2, 0.25) is 0 Å². The molecule has 1 heterocycles. The number of hydrogen-bond donors (Lipinski definition) is 1. The first kappa shape index (κ1) is 21.2. The molecule has 4 nitrogen and oxygen atoms in total. The van der Waals surface area contributed by atoms with E-state index in [1.807, 2.05) is 43.9 Å². The number of rotatable bonds is 4. The second-order valence-electron chi connectivity index (χ2n) is 8.19. The number of nitrogens with one attached hydrogen (secondary N) is 1. The number of hydrogen-bond acceptors (Lipinski definition) is 2. The van der Waals surface area contributed by atoms with Crippen LogP contribution in [0.3, 0.4) is 0 Å². The molecule has 6 heteroatoms. The monoisotopic (exact) mass is 462 g/mol. The average molecular weight is 463 g/mol. The highest BCUT2D eigenvalue weighted by Gasteiger charge is 2.32. The second kappa shape index (κ2) is 8.47. The zero-order valence-electron chi connectivity index (χ0n) is 16.8. The van der Waals surface area contributed by atoms with Crippen molar-refractivity contribution in [3.63, 3.8) is 0 Å². The van der Waals surface area contributed by atoms with Crippen molar-refractivity contribution in [2.24, 2.45) is 0 Å². The Kier molecular flexibility index (Phi) is 6.42. The number of fused-ring (bicyclic) bond motifs is 1. The molecule has 1 amide bonds. The number of nitrogens with zero attached hydrogens (tertiary/aromatic N) is 1. The smallest absolute Gasteiger partial charge is 0.223 e. The summed E-state index contributed by atoms with van der Waals surface area (Å²) in [4.78, 5) is 14.0. The maximum absolute atomic E-state index is 12.7. The summed E-state index contributed by atoms with van der Waals surface area (Å²) in [5.74, 6) is 0.0214. The van der Waals surface area contributed by atoms with Crippen LogP contribution in [0, 0.1) is 0 Å². The molecule has 0 aromatic heterocycles. The fourth-order valence-corrected chi connectivity index (χ4v) is 5.03. The van der Waals surface area contributed by atoms with E-state index in [0.717, 1.165) is 34.1 Å². The van der Waals surface area contributed by atoms with E-state index in [0.29, 0.717) is 6.54 Å². The fraction of sp³-hybridized carbons (Fsp3) is 0.409. The quantitative estimate of drug-likeness (QED) is 0.702. The molecular formula is C22H27BrN2O2S. The Labute approximate surface area is 178 Å². The Bertz CT molecular complexity index is 893. The van der Waals surface area contributed by atoms with Gasteiger partial charge < -0.3 is 4.90 Å². The molecule has 2 atom stereocenters. The molecule has 0 unspecified atom stereocenters. The predicted octanol–water partition coefficient (Wildman–Crippen LogP) is 4.89. The lowest BCUT2D eigenvalue weighted by atomic mass is 9.93. The molecule has 3 rings (SSSR count). The van der Waals surface area contributed by atoms with Crippen LogP contribution in [0.1, 0.15) is 56.8 Å². The second-order valence-corrected chi connectivity index (χ2v) is 11.0. The fourth-order valence-electron chi connectivity index (χ4n) is 3.43. The number of amides is 1. The summed E-state index contributed by atoms with van der Waals surface area (Å²) in [6, 6.07) is 14.5. The van der Waals surface area contributed by atoms with Gasteiger partial charge in [-0.15, -0.1) is 0 Å². The van der Waals surface area contributed by atoms with E-state index in [9.17, 15) is 9.00 Å². The average Bonchev–Trinajstić information content (AvgIpc) is 2.62. The van der Waals surface area contributed by atoms with Gasteiger partial charge in [-0.05, 0) is 72.3 Å². The van der Waals surface area contributed by atoms with Gasteiger partial charge >= 0.3 is 0 Å². The standard InChI is InChI=1S/C22H27BrN2O2S/c1-15(26)25-11-10-20(24-28(27)22(2,3)4)18-13-17(14-19(23)21(18)25)12-16-8-6-5-7-9-16/h5-9,13-14,20,24H,10-12H2,1-4H3/t20-,28+/m1/s1. The van der Waals surface area contributed by atoms with Gasteiger partial charge in [0, 0.05) is 24.0 Å². The van der Waals surface area contributed by atoms with Gasteiger partial charge in [-0.2, -0.15) is 0 Å². The zero-order chi connectivity index (χ0) is 20.5.